The summed E-state index contributed by atoms with van der Waals surface area (Å²) in [5.41, 5.74) is 0.828. The molecule has 5 nitrogen and oxygen atoms in total. The Morgan fingerprint density at radius 3 is 3.08 bits per heavy atom. The number of thiophene rings is 1. The summed E-state index contributed by atoms with van der Waals surface area (Å²) >= 11 is 7.65. The van der Waals surface area contributed by atoms with Crippen molar-refractivity contribution in [3.8, 4) is 11.4 Å². The Balaban J connectivity index is 1.45. The van der Waals surface area contributed by atoms with Crippen molar-refractivity contribution in [1.82, 2.24) is 15.0 Å². The number of benzene rings is 1. The third-order valence-electron chi connectivity index (χ3n) is 4.55. The van der Waals surface area contributed by atoms with E-state index in [1.165, 1.54) is 0 Å². The molecule has 1 amide bonds. The largest absolute Gasteiger partial charge is 0.342 e. The normalized spacial score (nSPS) is 17.4. The average molecular weight is 388 g/mol. The first-order valence-electron chi connectivity index (χ1n) is 8.59. The average Bonchev–Trinajstić information content (AvgIpc) is 3.34. The van der Waals surface area contributed by atoms with Crippen LogP contribution in [0.15, 0.2) is 46.3 Å². The van der Waals surface area contributed by atoms with Crippen molar-refractivity contribution < 1.29 is 9.32 Å². The van der Waals surface area contributed by atoms with Gasteiger partial charge in [0.1, 0.15) is 0 Å². The van der Waals surface area contributed by atoms with Gasteiger partial charge in [0.05, 0.1) is 12.3 Å². The van der Waals surface area contributed by atoms with Crippen molar-refractivity contribution in [1.29, 1.82) is 0 Å². The zero-order valence-corrected chi connectivity index (χ0v) is 15.7. The third kappa shape index (κ3) is 3.81. The second kappa shape index (κ2) is 7.60. The summed E-state index contributed by atoms with van der Waals surface area (Å²) in [5, 5.41) is 6.72. The second-order valence-electron chi connectivity index (χ2n) is 6.40. The van der Waals surface area contributed by atoms with Gasteiger partial charge in [-0.05, 0) is 36.4 Å². The lowest BCUT2D eigenvalue weighted by molar-refractivity contribution is -0.131. The van der Waals surface area contributed by atoms with Gasteiger partial charge in [-0.3, -0.25) is 4.79 Å². The molecule has 3 aromatic rings. The summed E-state index contributed by atoms with van der Waals surface area (Å²) in [6, 6.07) is 11.4. The molecule has 0 unspecified atom stereocenters. The molecule has 1 fully saturated rings. The second-order valence-corrected chi connectivity index (χ2v) is 7.87. The molecular formula is C19H18ClN3O2S. The van der Waals surface area contributed by atoms with Crippen LogP contribution in [0.25, 0.3) is 11.4 Å². The topological polar surface area (TPSA) is 59.2 Å². The van der Waals surface area contributed by atoms with Gasteiger partial charge in [-0.15, -0.1) is 11.3 Å². The van der Waals surface area contributed by atoms with E-state index in [0.29, 0.717) is 29.7 Å². The Morgan fingerprint density at radius 2 is 2.27 bits per heavy atom. The zero-order valence-electron chi connectivity index (χ0n) is 14.1. The van der Waals surface area contributed by atoms with Gasteiger partial charge >= 0.3 is 0 Å². The van der Waals surface area contributed by atoms with Crippen molar-refractivity contribution >= 4 is 28.8 Å². The fourth-order valence-electron chi connectivity index (χ4n) is 3.23. The number of amides is 1. The fourth-order valence-corrected chi connectivity index (χ4v) is 4.11. The molecule has 0 saturated carbocycles. The Bertz CT molecular complexity index is 894. The van der Waals surface area contributed by atoms with Crippen LogP contribution in [0.2, 0.25) is 5.02 Å². The summed E-state index contributed by atoms with van der Waals surface area (Å²) < 4.78 is 5.49. The van der Waals surface area contributed by atoms with Crippen molar-refractivity contribution in [2.75, 3.05) is 13.1 Å². The summed E-state index contributed by atoms with van der Waals surface area (Å²) in [6.07, 6.45) is 2.34. The quantitative estimate of drug-likeness (QED) is 0.665. The maximum absolute atomic E-state index is 12.6. The molecule has 1 atom stereocenters. The van der Waals surface area contributed by atoms with E-state index in [-0.39, 0.29) is 11.8 Å². The molecule has 0 radical (unpaired) electrons. The zero-order chi connectivity index (χ0) is 17.9. The van der Waals surface area contributed by atoms with Crippen molar-refractivity contribution in [3.63, 3.8) is 0 Å². The Kier molecular flexibility index (Phi) is 5.04. The number of halogens is 1. The van der Waals surface area contributed by atoms with Crippen LogP contribution in [-0.4, -0.2) is 34.0 Å². The minimum atomic E-state index is 0.0801. The summed E-state index contributed by atoms with van der Waals surface area (Å²) in [4.78, 5) is 20.1. The highest BCUT2D eigenvalue weighted by atomic mass is 35.5. The Hall–Kier alpha value is -2.18. The molecule has 0 spiro atoms. The summed E-state index contributed by atoms with van der Waals surface area (Å²) in [5.74, 6) is 1.36. The first-order valence-corrected chi connectivity index (χ1v) is 9.84. The number of hydrogen-bond donors (Lipinski definition) is 0. The van der Waals surface area contributed by atoms with E-state index < -0.39 is 0 Å². The molecule has 26 heavy (non-hydrogen) atoms. The van der Waals surface area contributed by atoms with Crippen LogP contribution in [0, 0.1) is 0 Å². The maximum Gasteiger partial charge on any atom is 0.231 e. The summed E-state index contributed by atoms with van der Waals surface area (Å²) in [6.45, 7) is 1.41. The highest BCUT2D eigenvalue weighted by Gasteiger charge is 2.28. The molecule has 0 aliphatic carbocycles. The number of piperidine rings is 1. The van der Waals surface area contributed by atoms with Crippen molar-refractivity contribution in [2.45, 2.75) is 25.2 Å². The summed E-state index contributed by atoms with van der Waals surface area (Å²) in [7, 11) is 0. The highest BCUT2D eigenvalue weighted by molar-refractivity contribution is 7.10. The molecule has 0 bridgehead atoms. The number of carbonyl (C=O) groups is 1. The molecule has 1 aliphatic rings. The molecule has 4 rings (SSSR count). The highest BCUT2D eigenvalue weighted by Crippen LogP contribution is 2.28. The van der Waals surface area contributed by atoms with Crippen LogP contribution in [0.3, 0.4) is 0 Å². The van der Waals surface area contributed by atoms with Gasteiger partial charge in [-0.2, -0.15) is 4.98 Å². The molecule has 7 heteroatoms. The first-order chi connectivity index (χ1) is 12.7. The van der Waals surface area contributed by atoms with Crippen LogP contribution in [0.1, 0.15) is 29.5 Å². The smallest absolute Gasteiger partial charge is 0.231 e. The van der Waals surface area contributed by atoms with E-state index in [9.17, 15) is 4.79 Å². The molecule has 2 aromatic heterocycles. The standard InChI is InChI=1S/C19H18ClN3O2S/c20-15-6-1-4-13(10-15)18-21-19(25-22-18)14-5-2-8-23(12-14)17(24)11-16-7-3-9-26-16/h1,3-4,6-7,9-10,14H,2,5,8,11-12H2/t14-/m1/s1. The van der Waals surface area contributed by atoms with Crippen LogP contribution < -0.4 is 0 Å². The van der Waals surface area contributed by atoms with E-state index in [2.05, 4.69) is 10.1 Å². The number of nitrogens with zero attached hydrogens (tertiary/aromatic N) is 3. The molecule has 134 valence electrons. The van der Waals surface area contributed by atoms with E-state index in [4.69, 9.17) is 16.1 Å². The molecule has 1 aliphatic heterocycles. The predicted octanol–water partition coefficient (Wildman–Crippen LogP) is 4.40. The van der Waals surface area contributed by atoms with Gasteiger partial charge in [-0.25, -0.2) is 0 Å². The Labute approximate surface area is 160 Å². The molecular weight excluding hydrogens is 370 g/mol. The number of carbonyl (C=O) groups excluding carboxylic acids is 1. The van der Waals surface area contributed by atoms with E-state index >= 15 is 0 Å². The third-order valence-corrected chi connectivity index (χ3v) is 5.66. The van der Waals surface area contributed by atoms with Crippen LogP contribution in [0.5, 0.6) is 0 Å². The van der Waals surface area contributed by atoms with E-state index in [1.807, 2.05) is 46.7 Å². The number of rotatable bonds is 4. The molecule has 0 N–H and O–H groups in total. The first kappa shape index (κ1) is 17.2. The number of likely N-dealkylation sites (tertiary alicyclic amines) is 1. The van der Waals surface area contributed by atoms with Gasteiger partial charge in [-0.1, -0.05) is 35.0 Å². The maximum atomic E-state index is 12.6. The minimum absolute atomic E-state index is 0.0801. The van der Waals surface area contributed by atoms with Crippen molar-refractivity contribution in [3.05, 3.63) is 57.6 Å². The van der Waals surface area contributed by atoms with Gasteiger partial charge < -0.3 is 9.42 Å². The lowest BCUT2D eigenvalue weighted by atomic mass is 9.97. The van der Waals surface area contributed by atoms with Crippen LogP contribution in [-0.2, 0) is 11.2 Å². The van der Waals surface area contributed by atoms with Gasteiger partial charge in [0.2, 0.25) is 17.6 Å². The Morgan fingerprint density at radius 1 is 1.35 bits per heavy atom. The van der Waals surface area contributed by atoms with Gasteiger partial charge in [0.25, 0.3) is 0 Å². The molecule has 3 heterocycles. The minimum Gasteiger partial charge on any atom is -0.342 e. The molecule has 1 saturated heterocycles. The van der Waals surface area contributed by atoms with Crippen LogP contribution >= 0.6 is 22.9 Å². The van der Waals surface area contributed by atoms with Gasteiger partial charge in [0, 0.05) is 28.6 Å². The van der Waals surface area contributed by atoms with E-state index in [1.54, 1.807) is 11.3 Å². The monoisotopic (exact) mass is 387 g/mol. The lowest BCUT2D eigenvalue weighted by Gasteiger charge is -2.31. The number of aromatic nitrogens is 2. The van der Waals surface area contributed by atoms with Gasteiger partial charge in [0.15, 0.2) is 0 Å². The fraction of sp³-hybridized carbons (Fsp3) is 0.316. The predicted molar refractivity (Wildman–Crippen MR) is 101 cm³/mol. The number of hydrogen-bond acceptors (Lipinski definition) is 5. The van der Waals surface area contributed by atoms with Crippen molar-refractivity contribution in [2.24, 2.45) is 0 Å². The lowest BCUT2D eigenvalue weighted by Crippen LogP contribution is -2.39. The molecule has 1 aromatic carbocycles. The SMILES string of the molecule is O=C(Cc1cccs1)N1CCC[C@@H](c2nc(-c3cccc(Cl)c3)no2)C1. The van der Waals surface area contributed by atoms with Crippen LogP contribution in [0.4, 0.5) is 0 Å². The van der Waals surface area contributed by atoms with E-state index in [0.717, 1.165) is 29.8 Å².